The second-order valence-corrected chi connectivity index (χ2v) is 4.04. The molecule has 84 valence electrons. The van der Waals surface area contributed by atoms with E-state index in [4.69, 9.17) is 20.8 Å². The molecule has 2 aromatic rings. The van der Waals surface area contributed by atoms with Crippen molar-refractivity contribution in [1.82, 2.24) is 0 Å². The maximum Gasteiger partial charge on any atom is 0.126 e. The Balaban J connectivity index is 2.34. The van der Waals surface area contributed by atoms with Gasteiger partial charge in [-0.2, -0.15) is 0 Å². The first kappa shape index (κ1) is 11.1. The molecule has 2 rings (SSSR count). The summed E-state index contributed by atoms with van der Waals surface area (Å²) in [7, 11) is 1.65. The molecular formula is C13H13ClO2. The van der Waals surface area contributed by atoms with E-state index in [0.717, 1.165) is 22.6 Å². The second kappa shape index (κ2) is 4.62. The van der Waals surface area contributed by atoms with Crippen molar-refractivity contribution in [1.29, 1.82) is 0 Å². The van der Waals surface area contributed by atoms with Gasteiger partial charge in [-0.25, -0.2) is 0 Å². The summed E-state index contributed by atoms with van der Waals surface area (Å²) in [4.78, 5) is 0. The molecule has 0 saturated carbocycles. The molecule has 0 aliphatic rings. The number of hydrogen-bond acceptors (Lipinski definition) is 2. The highest BCUT2D eigenvalue weighted by Gasteiger charge is 2.15. The van der Waals surface area contributed by atoms with Crippen LogP contribution in [0.15, 0.2) is 41.0 Å². The zero-order valence-electron chi connectivity index (χ0n) is 9.24. The highest BCUT2D eigenvalue weighted by atomic mass is 35.5. The molecule has 1 aromatic carbocycles. The van der Waals surface area contributed by atoms with E-state index in [1.165, 1.54) is 0 Å². The standard InChI is InChI=1S/C13H13ClO2/c1-9-8-10(15-2)5-6-11(9)13(14)12-4-3-7-16-12/h3-8,13H,1-2H3. The van der Waals surface area contributed by atoms with Gasteiger partial charge in [-0.1, -0.05) is 6.07 Å². The summed E-state index contributed by atoms with van der Waals surface area (Å²) in [5, 5.41) is -0.249. The van der Waals surface area contributed by atoms with Gasteiger partial charge < -0.3 is 9.15 Å². The van der Waals surface area contributed by atoms with E-state index < -0.39 is 0 Å². The first-order valence-corrected chi connectivity index (χ1v) is 5.48. The molecule has 0 aliphatic heterocycles. The topological polar surface area (TPSA) is 22.4 Å². The van der Waals surface area contributed by atoms with Crippen molar-refractivity contribution in [2.75, 3.05) is 7.11 Å². The fourth-order valence-corrected chi connectivity index (χ4v) is 2.02. The van der Waals surface area contributed by atoms with Crippen molar-refractivity contribution < 1.29 is 9.15 Å². The van der Waals surface area contributed by atoms with Gasteiger partial charge in [0.25, 0.3) is 0 Å². The molecule has 0 bridgehead atoms. The molecule has 16 heavy (non-hydrogen) atoms. The largest absolute Gasteiger partial charge is 0.497 e. The summed E-state index contributed by atoms with van der Waals surface area (Å²) in [6, 6.07) is 9.55. The fourth-order valence-electron chi connectivity index (χ4n) is 1.65. The molecule has 1 aromatic heterocycles. The lowest BCUT2D eigenvalue weighted by Crippen LogP contribution is -1.95. The fraction of sp³-hybridized carbons (Fsp3) is 0.231. The zero-order valence-corrected chi connectivity index (χ0v) is 9.99. The minimum atomic E-state index is -0.249. The van der Waals surface area contributed by atoms with Gasteiger partial charge in [0.05, 0.1) is 13.4 Å². The van der Waals surface area contributed by atoms with Gasteiger partial charge in [0.2, 0.25) is 0 Å². The Labute approximate surface area is 99.8 Å². The van der Waals surface area contributed by atoms with E-state index in [-0.39, 0.29) is 5.38 Å². The number of ether oxygens (including phenoxy) is 1. The lowest BCUT2D eigenvalue weighted by atomic mass is 10.0. The van der Waals surface area contributed by atoms with E-state index in [1.807, 2.05) is 37.3 Å². The van der Waals surface area contributed by atoms with Crippen molar-refractivity contribution in [2.45, 2.75) is 12.3 Å². The Bertz CT molecular complexity index is 463. The van der Waals surface area contributed by atoms with Crippen LogP contribution in [0.25, 0.3) is 0 Å². The third-order valence-corrected chi connectivity index (χ3v) is 2.99. The number of furan rings is 1. The van der Waals surface area contributed by atoms with Crippen LogP contribution in [-0.2, 0) is 0 Å². The maximum atomic E-state index is 6.34. The minimum absolute atomic E-state index is 0.249. The first-order valence-electron chi connectivity index (χ1n) is 5.04. The van der Waals surface area contributed by atoms with Crippen LogP contribution in [0.2, 0.25) is 0 Å². The van der Waals surface area contributed by atoms with Crippen LogP contribution in [0.1, 0.15) is 22.3 Å². The van der Waals surface area contributed by atoms with Gasteiger partial charge in [-0.05, 0) is 42.3 Å². The lowest BCUT2D eigenvalue weighted by molar-refractivity contribution is 0.414. The molecule has 0 fully saturated rings. The zero-order chi connectivity index (χ0) is 11.5. The summed E-state index contributed by atoms with van der Waals surface area (Å²) in [6.45, 7) is 2.01. The maximum absolute atomic E-state index is 6.34. The van der Waals surface area contributed by atoms with Gasteiger partial charge in [-0.3, -0.25) is 0 Å². The third kappa shape index (κ3) is 2.07. The molecular weight excluding hydrogens is 224 g/mol. The molecule has 0 amide bonds. The predicted octanol–water partition coefficient (Wildman–Crippen LogP) is 3.92. The molecule has 1 heterocycles. The molecule has 0 spiro atoms. The Morgan fingerprint density at radius 2 is 2.12 bits per heavy atom. The summed E-state index contributed by atoms with van der Waals surface area (Å²) in [6.07, 6.45) is 1.63. The van der Waals surface area contributed by atoms with Crippen LogP contribution < -0.4 is 4.74 Å². The number of methoxy groups -OCH3 is 1. The summed E-state index contributed by atoms with van der Waals surface area (Å²) >= 11 is 6.34. The quantitative estimate of drug-likeness (QED) is 0.754. The summed E-state index contributed by atoms with van der Waals surface area (Å²) in [5.74, 6) is 1.60. The number of aryl methyl sites for hydroxylation is 1. The van der Waals surface area contributed by atoms with Crippen LogP contribution in [0, 0.1) is 6.92 Å². The molecule has 2 nitrogen and oxygen atoms in total. The van der Waals surface area contributed by atoms with E-state index in [0.29, 0.717) is 0 Å². The Morgan fingerprint density at radius 3 is 2.69 bits per heavy atom. The molecule has 0 N–H and O–H groups in total. The first-order chi connectivity index (χ1) is 7.72. The monoisotopic (exact) mass is 236 g/mol. The smallest absolute Gasteiger partial charge is 0.126 e. The molecule has 1 unspecified atom stereocenters. The minimum Gasteiger partial charge on any atom is -0.497 e. The predicted molar refractivity (Wildman–Crippen MR) is 64.1 cm³/mol. The second-order valence-electron chi connectivity index (χ2n) is 3.60. The third-order valence-electron chi connectivity index (χ3n) is 2.54. The number of benzene rings is 1. The van der Waals surface area contributed by atoms with Gasteiger partial charge in [0, 0.05) is 0 Å². The van der Waals surface area contributed by atoms with Crippen molar-refractivity contribution in [3.63, 3.8) is 0 Å². The number of hydrogen-bond donors (Lipinski definition) is 0. The SMILES string of the molecule is COc1ccc(C(Cl)c2ccco2)c(C)c1. The van der Waals surface area contributed by atoms with E-state index in [9.17, 15) is 0 Å². The van der Waals surface area contributed by atoms with Gasteiger partial charge in [-0.15, -0.1) is 11.6 Å². The number of rotatable bonds is 3. The molecule has 0 aliphatic carbocycles. The molecule has 0 saturated heterocycles. The van der Waals surface area contributed by atoms with Crippen molar-refractivity contribution in [2.24, 2.45) is 0 Å². The van der Waals surface area contributed by atoms with Crippen LogP contribution in [0.3, 0.4) is 0 Å². The van der Waals surface area contributed by atoms with Gasteiger partial charge in [0.15, 0.2) is 0 Å². The Kier molecular flexibility index (Phi) is 3.20. The summed E-state index contributed by atoms with van der Waals surface area (Å²) < 4.78 is 10.5. The Hall–Kier alpha value is -1.41. The average Bonchev–Trinajstić information content (AvgIpc) is 2.81. The Morgan fingerprint density at radius 1 is 1.31 bits per heavy atom. The molecule has 3 heteroatoms. The van der Waals surface area contributed by atoms with Gasteiger partial charge >= 0.3 is 0 Å². The highest BCUT2D eigenvalue weighted by molar-refractivity contribution is 6.22. The van der Waals surface area contributed by atoms with Crippen LogP contribution in [0.5, 0.6) is 5.75 Å². The number of alkyl halides is 1. The van der Waals surface area contributed by atoms with Crippen LogP contribution in [0.4, 0.5) is 0 Å². The van der Waals surface area contributed by atoms with Crippen LogP contribution >= 0.6 is 11.6 Å². The van der Waals surface area contributed by atoms with Crippen molar-refractivity contribution >= 4 is 11.6 Å². The molecule has 0 radical (unpaired) electrons. The van der Waals surface area contributed by atoms with Crippen LogP contribution in [-0.4, -0.2) is 7.11 Å². The molecule has 1 atom stereocenters. The van der Waals surface area contributed by atoms with Crippen molar-refractivity contribution in [3.05, 3.63) is 53.5 Å². The highest BCUT2D eigenvalue weighted by Crippen LogP contribution is 2.32. The normalized spacial score (nSPS) is 12.4. The lowest BCUT2D eigenvalue weighted by Gasteiger charge is -2.11. The van der Waals surface area contributed by atoms with E-state index in [1.54, 1.807) is 13.4 Å². The number of halogens is 1. The van der Waals surface area contributed by atoms with E-state index in [2.05, 4.69) is 0 Å². The van der Waals surface area contributed by atoms with E-state index >= 15 is 0 Å². The van der Waals surface area contributed by atoms with Crippen molar-refractivity contribution in [3.8, 4) is 5.75 Å². The average molecular weight is 237 g/mol. The summed E-state index contributed by atoms with van der Waals surface area (Å²) in [5.41, 5.74) is 2.13. The van der Waals surface area contributed by atoms with Gasteiger partial charge in [0.1, 0.15) is 16.9 Å².